The number of fused-ring (bicyclic) bond motifs is 2. The lowest BCUT2D eigenvalue weighted by atomic mass is 9.90. The fraction of sp³-hybridized carbons (Fsp3) is 0.0435. The molecule has 0 amide bonds. The predicted molar refractivity (Wildman–Crippen MR) is 118 cm³/mol. The van der Waals surface area contributed by atoms with Gasteiger partial charge in [-0.25, -0.2) is 9.59 Å². The SMILES string of the molecule is O=C(O)c1cc2ccccc2c(Cc2c(O)c(C(=O)O)c(S(=O)(=O)O)c3ccccc23)c1O. The van der Waals surface area contributed by atoms with Gasteiger partial charge in [0.25, 0.3) is 10.1 Å². The molecule has 0 fully saturated rings. The van der Waals surface area contributed by atoms with E-state index in [1.807, 2.05) is 0 Å². The summed E-state index contributed by atoms with van der Waals surface area (Å²) in [6, 6.07) is 13.5. The molecule has 0 atom stereocenters. The van der Waals surface area contributed by atoms with Gasteiger partial charge in [-0.2, -0.15) is 8.42 Å². The van der Waals surface area contributed by atoms with Crippen molar-refractivity contribution >= 4 is 43.6 Å². The van der Waals surface area contributed by atoms with E-state index in [4.69, 9.17) is 0 Å². The van der Waals surface area contributed by atoms with Crippen LogP contribution in [0.5, 0.6) is 11.5 Å². The summed E-state index contributed by atoms with van der Waals surface area (Å²) >= 11 is 0. The van der Waals surface area contributed by atoms with Crippen molar-refractivity contribution in [3.63, 3.8) is 0 Å². The third kappa shape index (κ3) is 3.60. The fourth-order valence-corrected chi connectivity index (χ4v) is 4.94. The lowest BCUT2D eigenvalue weighted by Crippen LogP contribution is -2.11. The lowest BCUT2D eigenvalue weighted by molar-refractivity contribution is 0.0680. The smallest absolute Gasteiger partial charge is 0.340 e. The van der Waals surface area contributed by atoms with Crippen LogP contribution in [0.1, 0.15) is 31.8 Å². The minimum absolute atomic E-state index is 0.0570. The number of rotatable bonds is 5. The van der Waals surface area contributed by atoms with Gasteiger partial charge in [-0.1, -0.05) is 48.5 Å². The van der Waals surface area contributed by atoms with E-state index in [0.717, 1.165) is 0 Å². The summed E-state index contributed by atoms with van der Waals surface area (Å²) in [5.74, 6) is -4.67. The molecule has 33 heavy (non-hydrogen) atoms. The second-order valence-electron chi connectivity index (χ2n) is 7.31. The van der Waals surface area contributed by atoms with Crippen molar-refractivity contribution in [1.29, 1.82) is 0 Å². The van der Waals surface area contributed by atoms with Gasteiger partial charge in [0, 0.05) is 22.9 Å². The maximum atomic E-state index is 12.0. The highest BCUT2D eigenvalue weighted by Gasteiger charge is 2.31. The standard InChI is InChI=1S/C23H16O9S/c24-19-15(12-6-2-1-5-11(12)9-17(19)22(26)27)10-16-13-7-3-4-8-14(13)21(33(30,31)32)18(20(16)25)23(28)29/h1-9,24-25H,10H2,(H,26,27)(H,28,29)(H,30,31,32). The van der Waals surface area contributed by atoms with Crippen LogP contribution in [-0.2, 0) is 16.5 Å². The van der Waals surface area contributed by atoms with Gasteiger partial charge in [-0.15, -0.1) is 0 Å². The van der Waals surface area contributed by atoms with E-state index >= 15 is 0 Å². The van der Waals surface area contributed by atoms with E-state index in [1.165, 1.54) is 30.3 Å². The van der Waals surface area contributed by atoms with E-state index in [1.54, 1.807) is 24.3 Å². The molecule has 0 heterocycles. The molecule has 0 aliphatic rings. The van der Waals surface area contributed by atoms with Gasteiger partial charge < -0.3 is 20.4 Å². The van der Waals surface area contributed by atoms with E-state index in [9.17, 15) is 43.0 Å². The molecule has 0 aromatic heterocycles. The monoisotopic (exact) mass is 468 g/mol. The molecule has 4 rings (SSSR count). The first-order valence-electron chi connectivity index (χ1n) is 9.46. The second kappa shape index (κ2) is 7.76. The van der Waals surface area contributed by atoms with Crippen molar-refractivity contribution in [2.75, 3.05) is 0 Å². The Morgan fingerprint density at radius 1 is 0.758 bits per heavy atom. The van der Waals surface area contributed by atoms with Crippen molar-refractivity contribution in [3.05, 3.63) is 76.9 Å². The van der Waals surface area contributed by atoms with Crippen LogP contribution in [0, 0.1) is 0 Å². The lowest BCUT2D eigenvalue weighted by Gasteiger charge is -2.18. The average molecular weight is 468 g/mol. The zero-order chi connectivity index (χ0) is 24.1. The van der Waals surface area contributed by atoms with Gasteiger partial charge in [-0.3, -0.25) is 4.55 Å². The Bertz CT molecular complexity index is 1590. The zero-order valence-corrected chi connectivity index (χ0v) is 17.5. The molecule has 0 unspecified atom stereocenters. The Hall–Kier alpha value is -4.15. The average Bonchev–Trinajstić information content (AvgIpc) is 2.75. The normalized spacial score (nSPS) is 11.7. The fourth-order valence-electron chi connectivity index (χ4n) is 4.04. The van der Waals surface area contributed by atoms with Gasteiger partial charge in [0.15, 0.2) is 0 Å². The van der Waals surface area contributed by atoms with E-state index < -0.39 is 44.0 Å². The molecule has 10 heteroatoms. The molecule has 0 bridgehead atoms. The maximum absolute atomic E-state index is 12.0. The topological polar surface area (TPSA) is 169 Å². The number of carboxylic acids is 2. The van der Waals surface area contributed by atoms with Gasteiger partial charge >= 0.3 is 11.9 Å². The van der Waals surface area contributed by atoms with Crippen LogP contribution in [0.4, 0.5) is 0 Å². The first kappa shape index (κ1) is 22.1. The van der Waals surface area contributed by atoms with Crippen molar-refractivity contribution in [1.82, 2.24) is 0 Å². The predicted octanol–water partition coefficient (Wildman–Crippen LogP) is 3.64. The molecule has 4 aromatic rings. The van der Waals surface area contributed by atoms with E-state index in [-0.39, 0.29) is 33.9 Å². The third-order valence-electron chi connectivity index (χ3n) is 5.43. The minimum Gasteiger partial charge on any atom is -0.507 e. The Kier molecular flexibility index (Phi) is 5.19. The number of hydrogen-bond donors (Lipinski definition) is 5. The maximum Gasteiger partial charge on any atom is 0.340 e. The third-order valence-corrected chi connectivity index (χ3v) is 6.37. The van der Waals surface area contributed by atoms with Crippen molar-refractivity contribution in [3.8, 4) is 11.5 Å². The molecule has 0 radical (unpaired) electrons. The molecule has 0 aliphatic carbocycles. The van der Waals surface area contributed by atoms with Crippen LogP contribution < -0.4 is 0 Å². The van der Waals surface area contributed by atoms with Gasteiger partial charge in [0.1, 0.15) is 27.5 Å². The second-order valence-corrected chi connectivity index (χ2v) is 8.67. The van der Waals surface area contributed by atoms with Crippen LogP contribution in [0.15, 0.2) is 59.5 Å². The van der Waals surface area contributed by atoms with E-state index in [2.05, 4.69) is 0 Å². The molecule has 0 saturated carbocycles. The number of benzene rings is 4. The van der Waals surface area contributed by atoms with Crippen molar-refractivity contribution in [2.24, 2.45) is 0 Å². The largest absolute Gasteiger partial charge is 0.507 e. The highest BCUT2D eigenvalue weighted by atomic mass is 32.2. The molecular weight excluding hydrogens is 452 g/mol. The summed E-state index contributed by atoms with van der Waals surface area (Å²) in [5, 5.41) is 41.6. The van der Waals surface area contributed by atoms with Crippen LogP contribution in [-0.4, -0.2) is 45.3 Å². The number of aromatic hydroxyl groups is 2. The molecule has 4 aromatic carbocycles. The van der Waals surface area contributed by atoms with Gasteiger partial charge in [0.05, 0.1) is 0 Å². The number of phenols is 2. The van der Waals surface area contributed by atoms with Crippen molar-refractivity contribution in [2.45, 2.75) is 11.3 Å². The van der Waals surface area contributed by atoms with Crippen LogP contribution in [0.25, 0.3) is 21.5 Å². The van der Waals surface area contributed by atoms with E-state index in [0.29, 0.717) is 10.8 Å². The van der Waals surface area contributed by atoms with Crippen LogP contribution >= 0.6 is 0 Å². The summed E-state index contributed by atoms with van der Waals surface area (Å²) in [5.41, 5.74) is -1.37. The molecule has 0 aliphatic heterocycles. The molecular formula is C23H16O9S. The Labute approximate surface area is 186 Å². The molecule has 168 valence electrons. The summed E-state index contributed by atoms with van der Waals surface area (Å²) in [7, 11) is -5.05. The highest BCUT2D eigenvalue weighted by molar-refractivity contribution is 7.86. The van der Waals surface area contributed by atoms with Crippen LogP contribution in [0.3, 0.4) is 0 Å². The summed E-state index contributed by atoms with van der Waals surface area (Å²) in [6.07, 6.45) is -0.328. The first-order valence-corrected chi connectivity index (χ1v) is 10.9. The zero-order valence-electron chi connectivity index (χ0n) is 16.7. The summed E-state index contributed by atoms with van der Waals surface area (Å²) < 4.78 is 33.7. The van der Waals surface area contributed by atoms with Crippen molar-refractivity contribution < 1.29 is 43.0 Å². The molecule has 0 saturated heterocycles. The number of aromatic carboxylic acids is 2. The summed E-state index contributed by atoms with van der Waals surface area (Å²) in [6.45, 7) is 0. The molecule has 0 spiro atoms. The van der Waals surface area contributed by atoms with Crippen LogP contribution in [0.2, 0.25) is 0 Å². The highest BCUT2D eigenvalue weighted by Crippen LogP contribution is 2.41. The first-order chi connectivity index (χ1) is 15.5. The number of hydrogen-bond acceptors (Lipinski definition) is 6. The minimum atomic E-state index is -5.05. The Balaban J connectivity index is 2.13. The van der Waals surface area contributed by atoms with Gasteiger partial charge in [-0.05, 0) is 22.2 Å². The Morgan fingerprint density at radius 3 is 1.88 bits per heavy atom. The molecule has 9 nitrogen and oxygen atoms in total. The summed E-state index contributed by atoms with van der Waals surface area (Å²) in [4.78, 5) is 22.6. The Morgan fingerprint density at radius 2 is 1.30 bits per heavy atom. The quantitative estimate of drug-likeness (QED) is 0.274. The number of carbonyl (C=O) groups is 2. The number of carboxylic acid groups (broad SMARTS) is 2. The van der Waals surface area contributed by atoms with Gasteiger partial charge in [0.2, 0.25) is 0 Å². The molecule has 5 N–H and O–H groups in total.